The quantitative estimate of drug-likeness (QED) is 0.796. The Bertz CT molecular complexity index is 445. The number of aliphatic hydroxyl groups excluding tert-OH is 1. The first-order valence-corrected chi connectivity index (χ1v) is 4.50. The number of rotatable bonds is 2. The van der Waals surface area contributed by atoms with Gasteiger partial charge in [0.25, 0.3) is 0 Å². The molecule has 1 unspecified atom stereocenters. The topological polar surface area (TPSA) is 33.4 Å². The molecule has 0 bridgehead atoms. The van der Waals surface area contributed by atoms with Crippen LogP contribution in [0.5, 0.6) is 0 Å². The molecule has 1 N–H and O–H groups in total. The number of halogens is 1. The molecule has 14 heavy (non-hydrogen) atoms. The Labute approximate surface area is 81.0 Å². The lowest BCUT2D eigenvalue weighted by atomic mass is 10.1. The van der Waals surface area contributed by atoms with Gasteiger partial charge in [0.2, 0.25) is 0 Å². The third-order valence-electron chi connectivity index (χ3n) is 2.13. The second-order valence-electron chi connectivity index (χ2n) is 3.45. The van der Waals surface area contributed by atoms with Crippen molar-refractivity contribution < 1.29 is 13.9 Å². The van der Waals surface area contributed by atoms with Gasteiger partial charge in [-0.05, 0) is 19.1 Å². The fourth-order valence-electron chi connectivity index (χ4n) is 1.53. The first-order chi connectivity index (χ1) is 6.66. The molecule has 2 rings (SSSR count). The van der Waals surface area contributed by atoms with E-state index in [1.807, 2.05) is 0 Å². The van der Waals surface area contributed by atoms with Crippen LogP contribution in [0.4, 0.5) is 4.39 Å². The molecule has 0 amide bonds. The lowest BCUT2D eigenvalue weighted by Gasteiger charge is -2.00. The number of aliphatic hydroxyl groups is 1. The van der Waals surface area contributed by atoms with E-state index in [9.17, 15) is 9.50 Å². The van der Waals surface area contributed by atoms with Crippen LogP contribution in [0.25, 0.3) is 11.0 Å². The van der Waals surface area contributed by atoms with Gasteiger partial charge in [-0.2, -0.15) is 0 Å². The van der Waals surface area contributed by atoms with Gasteiger partial charge in [-0.15, -0.1) is 0 Å². The van der Waals surface area contributed by atoms with E-state index in [0.29, 0.717) is 12.0 Å². The van der Waals surface area contributed by atoms with Crippen molar-refractivity contribution in [1.82, 2.24) is 0 Å². The van der Waals surface area contributed by atoms with Crippen LogP contribution in [-0.2, 0) is 6.42 Å². The molecule has 1 atom stereocenters. The molecule has 1 heterocycles. The minimum atomic E-state index is -0.416. The van der Waals surface area contributed by atoms with Crippen LogP contribution in [0.3, 0.4) is 0 Å². The highest BCUT2D eigenvalue weighted by Crippen LogP contribution is 2.22. The highest BCUT2D eigenvalue weighted by molar-refractivity contribution is 5.81. The van der Waals surface area contributed by atoms with E-state index in [2.05, 4.69) is 0 Å². The molecule has 0 spiro atoms. The number of furan rings is 1. The van der Waals surface area contributed by atoms with Crippen LogP contribution >= 0.6 is 0 Å². The molecule has 0 aliphatic carbocycles. The lowest BCUT2D eigenvalue weighted by molar-refractivity contribution is 0.195. The predicted octanol–water partition coefficient (Wildman–Crippen LogP) is 2.50. The van der Waals surface area contributed by atoms with Gasteiger partial charge >= 0.3 is 0 Å². The standard InChI is InChI=1S/C11H11FO2/c1-7(13)4-8-6-14-11-5-9(12)2-3-10(8)11/h2-3,5-7,13H,4H2,1H3. The van der Waals surface area contributed by atoms with Crippen LogP contribution in [0.15, 0.2) is 28.9 Å². The molecule has 0 fully saturated rings. The van der Waals surface area contributed by atoms with Crippen LogP contribution < -0.4 is 0 Å². The van der Waals surface area contributed by atoms with E-state index >= 15 is 0 Å². The summed E-state index contributed by atoms with van der Waals surface area (Å²) in [5.74, 6) is -0.310. The zero-order valence-corrected chi connectivity index (χ0v) is 7.83. The largest absolute Gasteiger partial charge is 0.464 e. The summed E-state index contributed by atoms with van der Waals surface area (Å²) in [5.41, 5.74) is 1.44. The van der Waals surface area contributed by atoms with Crippen molar-refractivity contribution in [1.29, 1.82) is 0 Å². The fraction of sp³-hybridized carbons (Fsp3) is 0.273. The zero-order chi connectivity index (χ0) is 10.1. The first kappa shape index (κ1) is 9.21. The van der Waals surface area contributed by atoms with E-state index in [-0.39, 0.29) is 5.82 Å². The maximum absolute atomic E-state index is 12.8. The molecule has 0 radical (unpaired) electrons. The fourth-order valence-corrected chi connectivity index (χ4v) is 1.53. The van der Waals surface area contributed by atoms with Gasteiger partial charge in [-0.3, -0.25) is 0 Å². The highest BCUT2D eigenvalue weighted by atomic mass is 19.1. The van der Waals surface area contributed by atoms with Gasteiger partial charge in [-0.25, -0.2) is 4.39 Å². The predicted molar refractivity (Wildman–Crippen MR) is 51.6 cm³/mol. The summed E-state index contributed by atoms with van der Waals surface area (Å²) in [6.07, 6.45) is 1.68. The second kappa shape index (κ2) is 3.42. The Morgan fingerprint density at radius 1 is 1.50 bits per heavy atom. The molecule has 0 aliphatic rings. The molecule has 1 aromatic heterocycles. The van der Waals surface area contributed by atoms with E-state index < -0.39 is 6.10 Å². The molecule has 0 aliphatic heterocycles. The summed E-state index contributed by atoms with van der Waals surface area (Å²) in [7, 11) is 0. The summed E-state index contributed by atoms with van der Waals surface area (Å²) in [6, 6.07) is 4.41. The number of hydrogen-bond acceptors (Lipinski definition) is 2. The number of fused-ring (bicyclic) bond motifs is 1. The molecular weight excluding hydrogens is 183 g/mol. The minimum absolute atomic E-state index is 0.310. The van der Waals surface area contributed by atoms with Gasteiger partial charge in [-0.1, -0.05) is 0 Å². The van der Waals surface area contributed by atoms with Crippen LogP contribution in [0, 0.1) is 5.82 Å². The molecule has 2 aromatic rings. The lowest BCUT2D eigenvalue weighted by Crippen LogP contribution is -2.03. The molecule has 1 aromatic carbocycles. The van der Waals surface area contributed by atoms with Gasteiger partial charge in [0.15, 0.2) is 0 Å². The summed E-state index contributed by atoms with van der Waals surface area (Å²) in [4.78, 5) is 0. The van der Waals surface area contributed by atoms with Crippen molar-refractivity contribution in [2.45, 2.75) is 19.4 Å². The van der Waals surface area contributed by atoms with Crippen molar-refractivity contribution in [2.24, 2.45) is 0 Å². The number of benzene rings is 1. The van der Waals surface area contributed by atoms with Gasteiger partial charge in [0.1, 0.15) is 11.4 Å². The minimum Gasteiger partial charge on any atom is -0.464 e. The van der Waals surface area contributed by atoms with Crippen molar-refractivity contribution in [2.75, 3.05) is 0 Å². The third-order valence-corrected chi connectivity index (χ3v) is 2.13. The average molecular weight is 194 g/mol. The third kappa shape index (κ3) is 1.63. The summed E-state index contributed by atoms with van der Waals surface area (Å²) in [5, 5.41) is 10.1. The maximum atomic E-state index is 12.8. The monoisotopic (exact) mass is 194 g/mol. The summed E-state index contributed by atoms with van der Waals surface area (Å²) in [6.45, 7) is 1.71. The van der Waals surface area contributed by atoms with Gasteiger partial charge < -0.3 is 9.52 Å². The Morgan fingerprint density at radius 3 is 3.00 bits per heavy atom. The smallest absolute Gasteiger partial charge is 0.137 e. The van der Waals surface area contributed by atoms with Crippen LogP contribution in [0.1, 0.15) is 12.5 Å². The Kier molecular flexibility index (Phi) is 2.25. The Morgan fingerprint density at radius 2 is 2.29 bits per heavy atom. The molecule has 2 nitrogen and oxygen atoms in total. The summed E-state index contributed by atoms with van der Waals surface area (Å²) < 4.78 is 18.0. The van der Waals surface area contributed by atoms with E-state index in [1.165, 1.54) is 12.1 Å². The average Bonchev–Trinajstić information content (AvgIpc) is 2.47. The van der Waals surface area contributed by atoms with Crippen molar-refractivity contribution >= 4 is 11.0 Å². The van der Waals surface area contributed by atoms with Crippen molar-refractivity contribution in [3.05, 3.63) is 35.8 Å². The Balaban J connectivity index is 2.47. The van der Waals surface area contributed by atoms with Crippen LogP contribution in [-0.4, -0.2) is 11.2 Å². The molecule has 3 heteroatoms. The zero-order valence-electron chi connectivity index (χ0n) is 7.83. The number of hydrogen-bond donors (Lipinski definition) is 1. The highest BCUT2D eigenvalue weighted by Gasteiger charge is 2.08. The second-order valence-corrected chi connectivity index (χ2v) is 3.45. The first-order valence-electron chi connectivity index (χ1n) is 4.50. The molecular formula is C11H11FO2. The molecule has 0 saturated heterocycles. The van der Waals surface area contributed by atoms with Gasteiger partial charge in [0, 0.05) is 23.4 Å². The normalized spacial score (nSPS) is 13.4. The van der Waals surface area contributed by atoms with E-state index in [4.69, 9.17) is 4.42 Å². The van der Waals surface area contributed by atoms with Crippen molar-refractivity contribution in [3.8, 4) is 0 Å². The molecule has 0 saturated carbocycles. The van der Waals surface area contributed by atoms with Crippen LogP contribution in [0.2, 0.25) is 0 Å². The summed E-state index contributed by atoms with van der Waals surface area (Å²) >= 11 is 0. The van der Waals surface area contributed by atoms with Crippen molar-refractivity contribution in [3.63, 3.8) is 0 Å². The SMILES string of the molecule is CC(O)Cc1coc2cc(F)ccc12. The van der Waals surface area contributed by atoms with Gasteiger partial charge in [0.05, 0.1) is 12.4 Å². The Hall–Kier alpha value is -1.35. The molecule has 74 valence electrons. The van der Waals surface area contributed by atoms with E-state index in [0.717, 1.165) is 10.9 Å². The van der Waals surface area contributed by atoms with E-state index in [1.54, 1.807) is 19.3 Å². The maximum Gasteiger partial charge on any atom is 0.137 e.